The van der Waals surface area contributed by atoms with E-state index in [1.54, 1.807) is 30.2 Å². The minimum atomic E-state index is -3.87. The lowest BCUT2D eigenvalue weighted by molar-refractivity contribution is -0.140. The van der Waals surface area contributed by atoms with Crippen LogP contribution < -0.4 is 0 Å². The molecule has 1 N–H and O–H groups in total. The molecule has 1 aromatic carbocycles. The number of likely N-dealkylation sites (N-methyl/N-ethyl adjacent to an activating group) is 1. The molecule has 0 spiro atoms. The van der Waals surface area contributed by atoms with Crippen LogP contribution in [0.2, 0.25) is 0 Å². The van der Waals surface area contributed by atoms with E-state index in [2.05, 4.69) is 4.98 Å². The van der Waals surface area contributed by atoms with Gasteiger partial charge in [-0.2, -0.15) is 4.31 Å². The molecule has 10 heteroatoms. The molecule has 0 atom stereocenters. The number of piperidine rings is 1. The number of pyridine rings is 1. The Morgan fingerprint density at radius 2 is 2.00 bits per heavy atom. The topological polar surface area (TPSA) is 100 Å². The van der Waals surface area contributed by atoms with Crippen LogP contribution in [0.15, 0.2) is 47.5 Å². The average molecular weight is 466 g/mol. The van der Waals surface area contributed by atoms with Crippen molar-refractivity contribution >= 4 is 15.9 Å². The van der Waals surface area contributed by atoms with Gasteiger partial charge in [-0.1, -0.05) is 12.1 Å². The number of ether oxygens (including phenoxy) is 1. The number of aromatic nitrogens is 1. The molecular formula is C22H28FN3O5S. The molecule has 1 aliphatic heterocycles. The Bertz CT molecular complexity index is 1040. The molecule has 0 aliphatic carbocycles. The average Bonchev–Trinajstić information content (AvgIpc) is 2.79. The maximum Gasteiger partial charge on any atom is 0.248 e. The third kappa shape index (κ3) is 5.50. The minimum absolute atomic E-state index is 0.0154. The van der Waals surface area contributed by atoms with Crippen LogP contribution in [0.5, 0.6) is 0 Å². The van der Waals surface area contributed by atoms with Crippen LogP contribution in [0, 0.1) is 12.7 Å². The van der Waals surface area contributed by atoms with Gasteiger partial charge in [-0.3, -0.25) is 9.78 Å². The van der Waals surface area contributed by atoms with Gasteiger partial charge in [-0.15, -0.1) is 0 Å². The summed E-state index contributed by atoms with van der Waals surface area (Å²) in [6.07, 6.45) is 2.39. The largest absolute Gasteiger partial charge is 0.383 e. The molecule has 3 rings (SSSR count). The molecular weight excluding hydrogens is 437 g/mol. The third-order valence-corrected chi connectivity index (χ3v) is 7.70. The maximum atomic E-state index is 13.5. The van der Waals surface area contributed by atoms with Gasteiger partial charge in [0.2, 0.25) is 15.9 Å². The molecule has 2 aromatic rings. The second-order valence-electron chi connectivity index (χ2n) is 7.92. The van der Waals surface area contributed by atoms with Gasteiger partial charge in [0, 0.05) is 32.9 Å². The van der Waals surface area contributed by atoms with Gasteiger partial charge in [0.05, 0.1) is 17.2 Å². The Hall–Kier alpha value is -2.40. The van der Waals surface area contributed by atoms with Crippen LogP contribution in [-0.2, 0) is 25.2 Å². The number of aliphatic hydroxyl groups is 1. The normalized spacial score (nSPS) is 16.3. The molecule has 1 amide bonds. The lowest BCUT2D eigenvalue weighted by Crippen LogP contribution is -2.46. The standard InChI is InChI=1S/C22H28FN3O5S/c1-17-6-7-18(23)15-19(17)32(29,30)25(2)13-14-31-16-21(27)26-11-8-22(28,9-12-26)20-5-3-4-10-24-20/h3-7,10,15,28H,8-9,11-14,16H2,1-2H3. The van der Waals surface area contributed by atoms with Crippen molar-refractivity contribution in [1.29, 1.82) is 0 Å². The fourth-order valence-corrected chi connectivity index (χ4v) is 4.99. The van der Waals surface area contributed by atoms with Crippen LogP contribution in [0.25, 0.3) is 0 Å². The molecule has 2 heterocycles. The van der Waals surface area contributed by atoms with Crippen LogP contribution in [0.3, 0.4) is 0 Å². The first-order valence-electron chi connectivity index (χ1n) is 10.4. The number of amides is 1. The highest BCUT2D eigenvalue weighted by molar-refractivity contribution is 7.89. The van der Waals surface area contributed by atoms with Crippen molar-refractivity contribution in [2.75, 3.05) is 39.9 Å². The number of aryl methyl sites for hydroxylation is 1. The zero-order chi connectivity index (χ0) is 23.4. The van der Waals surface area contributed by atoms with Gasteiger partial charge >= 0.3 is 0 Å². The van der Waals surface area contributed by atoms with Crippen molar-refractivity contribution in [3.63, 3.8) is 0 Å². The molecule has 1 aromatic heterocycles. The summed E-state index contributed by atoms with van der Waals surface area (Å²) < 4.78 is 45.3. The zero-order valence-corrected chi connectivity index (χ0v) is 19.0. The van der Waals surface area contributed by atoms with Crippen molar-refractivity contribution in [3.05, 3.63) is 59.7 Å². The van der Waals surface area contributed by atoms with E-state index in [9.17, 15) is 22.7 Å². The van der Waals surface area contributed by atoms with Crippen molar-refractivity contribution in [3.8, 4) is 0 Å². The summed E-state index contributed by atoms with van der Waals surface area (Å²) in [7, 11) is -2.49. The Morgan fingerprint density at radius 1 is 1.28 bits per heavy atom. The van der Waals surface area contributed by atoms with Crippen LogP contribution in [0.4, 0.5) is 4.39 Å². The Labute approximate surface area is 187 Å². The summed E-state index contributed by atoms with van der Waals surface area (Å²) in [5.41, 5.74) is -0.00314. The lowest BCUT2D eigenvalue weighted by Gasteiger charge is -2.37. The molecule has 1 aliphatic rings. The maximum absolute atomic E-state index is 13.5. The van der Waals surface area contributed by atoms with E-state index >= 15 is 0 Å². The van der Waals surface area contributed by atoms with Gasteiger partial charge < -0.3 is 14.7 Å². The number of nitrogens with zero attached hydrogens (tertiary/aromatic N) is 3. The molecule has 0 unspecified atom stereocenters. The highest BCUT2D eigenvalue weighted by Gasteiger charge is 2.36. The number of likely N-dealkylation sites (tertiary alicyclic amines) is 1. The first-order chi connectivity index (χ1) is 15.1. The summed E-state index contributed by atoms with van der Waals surface area (Å²) in [5, 5.41) is 10.8. The van der Waals surface area contributed by atoms with Gasteiger partial charge in [-0.25, -0.2) is 12.8 Å². The summed E-state index contributed by atoms with van der Waals surface area (Å²) in [5.74, 6) is -0.847. The first-order valence-corrected chi connectivity index (χ1v) is 11.8. The molecule has 0 radical (unpaired) electrons. The van der Waals surface area contributed by atoms with Gasteiger partial charge in [0.1, 0.15) is 18.0 Å². The zero-order valence-electron chi connectivity index (χ0n) is 18.2. The van der Waals surface area contributed by atoms with E-state index in [1.807, 2.05) is 6.07 Å². The van der Waals surface area contributed by atoms with E-state index in [-0.39, 0.29) is 30.6 Å². The summed E-state index contributed by atoms with van der Waals surface area (Å²) >= 11 is 0. The van der Waals surface area contributed by atoms with E-state index < -0.39 is 21.4 Å². The molecule has 0 bridgehead atoms. The Morgan fingerprint density at radius 3 is 2.66 bits per heavy atom. The number of rotatable bonds is 8. The number of carbonyl (C=O) groups is 1. The minimum Gasteiger partial charge on any atom is -0.383 e. The smallest absolute Gasteiger partial charge is 0.248 e. The van der Waals surface area contributed by atoms with Crippen molar-refractivity contribution in [2.45, 2.75) is 30.3 Å². The van der Waals surface area contributed by atoms with Crippen molar-refractivity contribution in [2.24, 2.45) is 0 Å². The molecule has 0 saturated carbocycles. The second kappa shape index (κ2) is 10.0. The number of hydrogen-bond donors (Lipinski definition) is 1. The van der Waals surface area contributed by atoms with Gasteiger partial charge in [-0.05, 0) is 49.6 Å². The molecule has 1 fully saturated rings. The van der Waals surface area contributed by atoms with Crippen LogP contribution in [-0.4, -0.2) is 73.5 Å². The number of halogens is 1. The monoisotopic (exact) mass is 465 g/mol. The van der Waals surface area contributed by atoms with E-state index in [4.69, 9.17) is 4.74 Å². The second-order valence-corrected chi connectivity index (χ2v) is 9.93. The fraction of sp³-hybridized carbons (Fsp3) is 0.455. The third-order valence-electron chi connectivity index (χ3n) is 5.70. The molecule has 8 nitrogen and oxygen atoms in total. The van der Waals surface area contributed by atoms with Gasteiger partial charge in [0.25, 0.3) is 0 Å². The Kier molecular flexibility index (Phi) is 7.60. The van der Waals surface area contributed by atoms with Crippen LogP contribution in [0.1, 0.15) is 24.1 Å². The summed E-state index contributed by atoms with van der Waals surface area (Å²) in [4.78, 5) is 18.2. The highest BCUT2D eigenvalue weighted by Crippen LogP contribution is 2.31. The van der Waals surface area contributed by atoms with Crippen molar-refractivity contribution < 1.29 is 27.4 Å². The number of sulfonamides is 1. The lowest BCUT2D eigenvalue weighted by atomic mass is 9.88. The highest BCUT2D eigenvalue weighted by atomic mass is 32.2. The van der Waals surface area contributed by atoms with Crippen molar-refractivity contribution in [1.82, 2.24) is 14.2 Å². The number of benzene rings is 1. The molecule has 174 valence electrons. The Balaban J connectivity index is 1.45. The number of carbonyl (C=O) groups excluding carboxylic acids is 1. The van der Waals surface area contributed by atoms with E-state index in [1.165, 1.54) is 19.2 Å². The first kappa shape index (κ1) is 24.2. The summed E-state index contributed by atoms with van der Waals surface area (Å²) in [6.45, 7) is 2.20. The predicted molar refractivity (Wildman–Crippen MR) is 116 cm³/mol. The predicted octanol–water partition coefficient (Wildman–Crippen LogP) is 1.68. The van der Waals surface area contributed by atoms with E-state index in [0.717, 1.165) is 10.4 Å². The van der Waals surface area contributed by atoms with Crippen LogP contribution >= 0.6 is 0 Å². The SMILES string of the molecule is Cc1ccc(F)cc1S(=O)(=O)N(C)CCOCC(=O)N1CCC(O)(c2ccccn2)CC1. The van der Waals surface area contributed by atoms with Gasteiger partial charge in [0.15, 0.2) is 0 Å². The fourth-order valence-electron chi connectivity index (χ4n) is 3.60. The number of hydrogen-bond acceptors (Lipinski definition) is 6. The van der Waals surface area contributed by atoms with E-state index in [0.29, 0.717) is 37.2 Å². The quantitative estimate of drug-likeness (QED) is 0.596. The molecule has 32 heavy (non-hydrogen) atoms. The summed E-state index contributed by atoms with van der Waals surface area (Å²) in [6, 6.07) is 8.99. The molecule has 1 saturated heterocycles.